The molecule has 2 fully saturated rings. The van der Waals surface area contributed by atoms with Gasteiger partial charge in [0.15, 0.2) is 0 Å². The second-order valence-electron chi connectivity index (χ2n) is 8.18. The number of likely N-dealkylation sites (tertiary alicyclic amines) is 1. The minimum Gasteiger partial charge on any atom is -0.321 e. The Bertz CT molecular complexity index is 770. The minimum atomic E-state index is -3.65. The van der Waals surface area contributed by atoms with Crippen LogP contribution >= 0.6 is 0 Å². The molecular formula is C20H31N3O3S. The summed E-state index contributed by atoms with van der Waals surface area (Å²) >= 11 is 0. The molecule has 2 atom stereocenters. The first-order valence-corrected chi connectivity index (χ1v) is 11.3. The van der Waals surface area contributed by atoms with Crippen molar-refractivity contribution in [2.75, 3.05) is 26.2 Å². The van der Waals surface area contributed by atoms with Gasteiger partial charge in [-0.2, -0.15) is 4.31 Å². The zero-order valence-electron chi connectivity index (χ0n) is 16.8. The van der Waals surface area contributed by atoms with Crippen LogP contribution in [0.2, 0.25) is 0 Å². The van der Waals surface area contributed by atoms with Crippen molar-refractivity contribution in [3.05, 3.63) is 29.8 Å². The SMILES string of the molecule is Cc1ccc(S(=O)(=O)N2C[C@H](C)N(C(=O)CN3CCCC3)[C@@H]2C(C)C)cc1. The van der Waals surface area contributed by atoms with Crippen LogP contribution in [0.4, 0.5) is 0 Å². The van der Waals surface area contributed by atoms with Crippen molar-refractivity contribution in [2.24, 2.45) is 5.92 Å². The smallest absolute Gasteiger partial charge is 0.244 e. The molecular weight excluding hydrogens is 362 g/mol. The fourth-order valence-electron chi connectivity index (χ4n) is 4.20. The van der Waals surface area contributed by atoms with Crippen molar-refractivity contribution in [2.45, 2.75) is 57.6 Å². The van der Waals surface area contributed by atoms with Gasteiger partial charge < -0.3 is 4.90 Å². The summed E-state index contributed by atoms with van der Waals surface area (Å²) < 4.78 is 28.1. The Hall–Kier alpha value is -1.44. The van der Waals surface area contributed by atoms with Crippen LogP contribution in [0.15, 0.2) is 29.2 Å². The van der Waals surface area contributed by atoms with Crippen molar-refractivity contribution < 1.29 is 13.2 Å². The van der Waals surface area contributed by atoms with Gasteiger partial charge in [0.2, 0.25) is 15.9 Å². The summed E-state index contributed by atoms with van der Waals surface area (Å²) in [5, 5.41) is 0. The van der Waals surface area contributed by atoms with Crippen LogP contribution in [0.3, 0.4) is 0 Å². The summed E-state index contributed by atoms with van der Waals surface area (Å²) in [6, 6.07) is 6.80. The minimum absolute atomic E-state index is 0.0118. The first-order valence-electron chi connectivity index (χ1n) is 9.84. The molecule has 0 spiro atoms. The molecule has 2 saturated heterocycles. The molecule has 0 aromatic heterocycles. The molecule has 2 heterocycles. The van der Waals surface area contributed by atoms with E-state index in [1.165, 1.54) is 4.31 Å². The molecule has 27 heavy (non-hydrogen) atoms. The topological polar surface area (TPSA) is 60.9 Å². The second-order valence-corrected chi connectivity index (χ2v) is 10.1. The molecule has 0 unspecified atom stereocenters. The van der Waals surface area contributed by atoms with Gasteiger partial charge in [-0.3, -0.25) is 9.69 Å². The number of hydrogen-bond donors (Lipinski definition) is 0. The standard InChI is InChI=1S/C20H31N3O3S/c1-15(2)20-22(27(25,26)18-9-7-16(3)8-10-18)13-17(4)23(20)19(24)14-21-11-5-6-12-21/h7-10,15,17,20H,5-6,11-14H2,1-4H3/t17-,20+/m0/s1. The highest BCUT2D eigenvalue weighted by atomic mass is 32.2. The summed E-state index contributed by atoms with van der Waals surface area (Å²) in [6.07, 6.45) is 1.82. The zero-order valence-corrected chi connectivity index (χ0v) is 17.6. The van der Waals surface area contributed by atoms with Crippen molar-refractivity contribution in [3.8, 4) is 0 Å². The van der Waals surface area contributed by atoms with Crippen molar-refractivity contribution in [1.82, 2.24) is 14.1 Å². The number of hydrogen-bond acceptors (Lipinski definition) is 4. The third kappa shape index (κ3) is 4.05. The number of carbonyl (C=O) groups excluding carboxylic acids is 1. The molecule has 0 aliphatic carbocycles. The van der Waals surface area contributed by atoms with E-state index in [1.54, 1.807) is 17.0 Å². The number of rotatable bonds is 5. The van der Waals surface area contributed by atoms with Gasteiger partial charge in [0.25, 0.3) is 0 Å². The monoisotopic (exact) mass is 393 g/mol. The largest absolute Gasteiger partial charge is 0.321 e. The highest BCUT2D eigenvalue weighted by molar-refractivity contribution is 7.89. The molecule has 0 bridgehead atoms. The number of sulfonamides is 1. The summed E-state index contributed by atoms with van der Waals surface area (Å²) in [5.74, 6) is 0.0439. The Morgan fingerprint density at radius 1 is 1.15 bits per heavy atom. The van der Waals surface area contributed by atoms with E-state index in [1.807, 2.05) is 39.8 Å². The number of carbonyl (C=O) groups is 1. The third-order valence-corrected chi connectivity index (χ3v) is 7.42. The summed E-state index contributed by atoms with van der Waals surface area (Å²) in [5.41, 5.74) is 1.02. The van der Waals surface area contributed by atoms with E-state index in [0.717, 1.165) is 31.5 Å². The number of aryl methyl sites for hydroxylation is 1. The molecule has 150 valence electrons. The van der Waals surface area contributed by atoms with Crippen LogP contribution in [-0.2, 0) is 14.8 Å². The lowest BCUT2D eigenvalue weighted by molar-refractivity contribution is -0.136. The molecule has 1 aromatic rings. The van der Waals surface area contributed by atoms with Gasteiger partial charge >= 0.3 is 0 Å². The Morgan fingerprint density at radius 3 is 2.30 bits per heavy atom. The van der Waals surface area contributed by atoms with Gasteiger partial charge in [-0.25, -0.2) is 8.42 Å². The zero-order chi connectivity index (χ0) is 19.8. The Morgan fingerprint density at radius 2 is 1.74 bits per heavy atom. The van der Waals surface area contributed by atoms with E-state index in [2.05, 4.69) is 4.90 Å². The van der Waals surface area contributed by atoms with E-state index < -0.39 is 16.2 Å². The van der Waals surface area contributed by atoms with Gasteiger partial charge in [0.1, 0.15) is 6.17 Å². The summed E-state index contributed by atoms with van der Waals surface area (Å²) in [4.78, 5) is 17.3. The van der Waals surface area contributed by atoms with E-state index in [4.69, 9.17) is 0 Å². The lowest BCUT2D eigenvalue weighted by Crippen LogP contribution is -2.51. The van der Waals surface area contributed by atoms with Gasteiger partial charge in [-0.1, -0.05) is 31.5 Å². The molecule has 1 amide bonds. The first-order chi connectivity index (χ1) is 12.7. The molecule has 0 saturated carbocycles. The molecule has 2 aliphatic heterocycles. The normalized spacial score (nSPS) is 24.9. The molecule has 7 heteroatoms. The van der Waals surface area contributed by atoms with Gasteiger partial charge in [-0.05, 0) is 57.8 Å². The van der Waals surface area contributed by atoms with Crippen LogP contribution in [0.5, 0.6) is 0 Å². The van der Waals surface area contributed by atoms with Gasteiger partial charge in [0, 0.05) is 12.6 Å². The van der Waals surface area contributed by atoms with Crippen LogP contribution in [0.25, 0.3) is 0 Å². The number of benzene rings is 1. The lowest BCUT2D eigenvalue weighted by atomic mass is 10.1. The van der Waals surface area contributed by atoms with Gasteiger partial charge in [-0.15, -0.1) is 0 Å². The highest BCUT2D eigenvalue weighted by Crippen LogP contribution is 2.32. The fraction of sp³-hybridized carbons (Fsp3) is 0.650. The maximum atomic E-state index is 13.3. The Balaban J connectivity index is 1.87. The second kappa shape index (κ2) is 7.89. The van der Waals surface area contributed by atoms with E-state index in [9.17, 15) is 13.2 Å². The Kier molecular flexibility index (Phi) is 5.93. The molecule has 1 aromatic carbocycles. The van der Waals surface area contributed by atoms with E-state index in [-0.39, 0.29) is 17.9 Å². The quantitative estimate of drug-likeness (QED) is 0.770. The maximum absolute atomic E-state index is 13.3. The van der Waals surface area contributed by atoms with Crippen LogP contribution in [0, 0.1) is 12.8 Å². The van der Waals surface area contributed by atoms with Gasteiger partial charge in [0.05, 0.1) is 11.4 Å². The van der Waals surface area contributed by atoms with E-state index >= 15 is 0 Å². The number of amides is 1. The van der Waals surface area contributed by atoms with Crippen LogP contribution in [0.1, 0.15) is 39.2 Å². The molecule has 0 radical (unpaired) electrons. The predicted molar refractivity (Wildman–Crippen MR) is 106 cm³/mol. The average Bonchev–Trinajstić information content (AvgIpc) is 3.22. The summed E-state index contributed by atoms with van der Waals surface area (Å²) in [6.45, 7) is 10.5. The lowest BCUT2D eigenvalue weighted by Gasteiger charge is -2.34. The summed E-state index contributed by atoms with van der Waals surface area (Å²) in [7, 11) is -3.65. The molecule has 2 aliphatic rings. The molecule has 0 N–H and O–H groups in total. The predicted octanol–water partition coefficient (Wildman–Crippen LogP) is 2.29. The van der Waals surface area contributed by atoms with Crippen LogP contribution < -0.4 is 0 Å². The van der Waals surface area contributed by atoms with E-state index in [0.29, 0.717) is 18.0 Å². The number of nitrogens with zero attached hydrogens (tertiary/aromatic N) is 3. The van der Waals surface area contributed by atoms with Crippen molar-refractivity contribution >= 4 is 15.9 Å². The molecule has 6 nitrogen and oxygen atoms in total. The average molecular weight is 394 g/mol. The fourth-order valence-corrected chi connectivity index (χ4v) is 5.99. The van der Waals surface area contributed by atoms with Crippen molar-refractivity contribution in [1.29, 1.82) is 0 Å². The third-order valence-electron chi connectivity index (χ3n) is 5.57. The van der Waals surface area contributed by atoms with Crippen LogP contribution in [-0.4, -0.2) is 66.8 Å². The molecule has 3 rings (SSSR count). The van der Waals surface area contributed by atoms with Crippen molar-refractivity contribution in [3.63, 3.8) is 0 Å². The maximum Gasteiger partial charge on any atom is 0.244 e. The Labute approximate surface area is 163 Å². The first kappa shape index (κ1) is 20.3. The highest BCUT2D eigenvalue weighted by Gasteiger charge is 2.47.